The number of ether oxygens (including phenoxy) is 2. The van der Waals surface area contributed by atoms with Gasteiger partial charge in [-0.2, -0.15) is 5.26 Å². The maximum atomic E-state index is 10.8. The number of hydrogen-bond donors (Lipinski definition) is 1. The van der Waals surface area contributed by atoms with Crippen LogP contribution in [0.4, 0.5) is 0 Å². The highest BCUT2D eigenvalue weighted by Crippen LogP contribution is 2.32. The molecule has 0 fully saturated rings. The Labute approximate surface area is 106 Å². The van der Waals surface area contributed by atoms with Gasteiger partial charge in [0.2, 0.25) is 5.91 Å². The summed E-state index contributed by atoms with van der Waals surface area (Å²) in [6.45, 7) is 1.94. The van der Waals surface area contributed by atoms with Crippen molar-refractivity contribution in [3.63, 3.8) is 0 Å². The van der Waals surface area contributed by atoms with E-state index < -0.39 is 0 Å². The molecule has 0 unspecified atom stereocenters. The van der Waals surface area contributed by atoms with Crippen molar-refractivity contribution in [3.8, 4) is 17.6 Å². The molecule has 1 rings (SSSR count). The molecule has 0 spiro atoms. The monoisotopic (exact) mass is 248 g/mol. The van der Waals surface area contributed by atoms with E-state index in [0.29, 0.717) is 30.0 Å². The van der Waals surface area contributed by atoms with E-state index in [1.807, 2.05) is 6.07 Å². The van der Waals surface area contributed by atoms with E-state index in [1.54, 1.807) is 6.07 Å². The SMILES string of the molecule is COc1ccc(CCNC(C)=O)c(C#N)c1OC. The van der Waals surface area contributed by atoms with E-state index >= 15 is 0 Å². The number of benzene rings is 1. The summed E-state index contributed by atoms with van der Waals surface area (Å²) in [5.74, 6) is 0.867. The lowest BCUT2D eigenvalue weighted by molar-refractivity contribution is -0.118. The Morgan fingerprint density at radius 3 is 2.61 bits per heavy atom. The van der Waals surface area contributed by atoms with E-state index in [-0.39, 0.29) is 5.91 Å². The number of hydrogen-bond acceptors (Lipinski definition) is 4. The van der Waals surface area contributed by atoms with Crippen molar-refractivity contribution in [2.24, 2.45) is 0 Å². The molecule has 96 valence electrons. The van der Waals surface area contributed by atoms with Gasteiger partial charge in [-0.15, -0.1) is 0 Å². The fraction of sp³-hybridized carbons (Fsp3) is 0.385. The molecule has 5 heteroatoms. The molecule has 18 heavy (non-hydrogen) atoms. The van der Waals surface area contributed by atoms with Crippen molar-refractivity contribution >= 4 is 5.91 Å². The first kappa shape index (κ1) is 13.8. The fourth-order valence-electron chi connectivity index (χ4n) is 1.67. The number of carbonyl (C=O) groups excluding carboxylic acids is 1. The molecule has 0 aromatic heterocycles. The quantitative estimate of drug-likeness (QED) is 0.851. The van der Waals surface area contributed by atoms with Crippen LogP contribution in [0.15, 0.2) is 12.1 Å². The van der Waals surface area contributed by atoms with Crippen molar-refractivity contribution in [1.29, 1.82) is 5.26 Å². The largest absolute Gasteiger partial charge is 0.493 e. The first-order chi connectivity index (χ1) is 8.63. The molecule has 0 heterocycles. The molecule has 0 saturated heterocycles. The summed E-state index contributed by atoms with van der Waals surface area (Å²) in [6, 6.07) is 5.67. The number of nitrogens with zero attached hydrogens (tertiary/aromatic N) is 1. The van der Waals surface area contributed by atoms with Crippen LogP contribution < -0.4 is 14.8 Å². The molecule has 5 nitrogen and oxygen atoms in total. The lowest BCUT2D eigenvalue weighted by Gasteiger charge is -2.12. The van der Waals surface area contributed by atoms with E-state index in [0.717, 1.165) is 5.56 Å². The minimum Gasteiger partial charge on any atom is -0.493 e. The Morgan fingerprint density at radius 1 is 1.39 bits per heavy atom. The van der Waals surface area contributed by atoms with Crippen LogP contribution in [0.25, 0.3) is 0 Å². The molecule has 0 bridgehead atoms. The van der Waals surface area contributed by atoms with Crippen molar-refractivity contribution in [2.45, 2.75) is 13.3 Å². The summed E-state index contributed by atoms with van der Waals surface area (Å²) < 4.78 is 10.3. The van der Waals surface area contributed by atoms with Gasteiger partial charge in [-0.3, -0.25) is 4.79 Å². The summed E-state index contributed by atoms with van der Waals surface area (Å²) >= 11 is 0. The Kier molecular flexibility index (Phi) is 5.00. The highest BCUT2D eigenvalue weighted by molar-refractivity contribution is 5.72. The van der Waals surface area contributed by atoms with Gasteiger partial charge in [0.25, 0.3) is 0 Å². The number of methoxy groups -OCH3 is 2. The second kappa shape index (κ2) is 6.50. The summed E-state index contributed by atoms with van der Waals surface area (Å²) in [6.07, 6.45) is 0.572. The zero-order valence-electron chi connectivity index (χ0n) is 10.7. The summed E-state index contributed by atoms with van der Waals surface area (Å²) in [7, 11) is 3.02. The van der Waals surface area contributed by atoms with E-state index in [1.165, 1.54) is 21.1 Å². The van der Waals surface area contributed by atoms with Gasteiger partial charge in [-0.25, -0.2) is 0 Å². The van der Waals surface area contributed by atoms with Gasteiger partial charge >= 0.3 is 0 Å². The van der Waals surface area contributed by atoms with E-state index in [9.17, 15) is 10.1 Å². The van der Waals surface area contributed by atoms with Crippen LogP contribution in [-0.4, -0.2) is 26.7 Å². The number of nitriles is 1. The van der Waals surface area contributed by atoms with E-state index in [4.69, 9.17) is 9.47 Å². The van der Waals surface area contributed by atoms with Crippen LogP contribution >= 0.6 is 0 Å². The van der Waals surface area contributed by atoms with Crippen molar-refractivity contribution < 1.29 is 14.3 Å². The first-order valence-corrected chi connectivity index (χ1v) is 5.52. The third kappa shape index (κ3) is 3.14. The predicted octanol–water partition coefficient (Wildman–Crippen LogP) is 1.25. The minimum atomic E-state index is -0.0889. The maximum Gasteiger partial charge on any atom is 0.216 e. The van der Waals surface area contributed by atoms with Crippen LogP contribution in [0.2, 0.25) is 0 Å². The first-order valence-electron chi connectivity index (χ1n) is 5.52. The number of rotatable bonds is 5. The second-order valence-electron chi connectivity index (χ2n) is 3.68. The molecule has 1 amide bonds. The molecule has 0 aliphatic carbocycles. The zero-order chi connectivity index (χ0) is 13.5. The zero-order valence-corrected chi connectivity index (χ0v) is 10.7. The Bertz CT molecular complexity index is 478. The van der Waals surface area contributed by atoms with Gasteiger partial charge in [0.1, 0.15) is 11.6 Å². The predicted molar refractivity (Wildman–Crippen MR) is 66.6 cm³/mol. The summed E-state index contributed by atoms with van der Waals surface area (Å²) in [5, 5.41) is 11.9. The Morgan fingerprint density at radius 2 is 2.11 bits per heavy atom. The van der Waals surface area contributed by atoms with Gasteiger partial charge in [-0.1, -0.05) is 6.07 Å². The molecule has 0 atom stereocenters. The average Bonchev–Trinajstić information content (AvgIpc) is 2.37. The number of nitrogens with one attached hydrogen (secondary N) is 1. The molecule has 0 saturated carbocycles. The molecule has 1 N–H and O–H groups in total. The highest BCUT2D eigenvalue weighted by atomic mass is 16.5. The second-order valence-corrected chi connectivity index (χ2v) is 3.68. The molecule has 1 aromatic rings. The number of carbonyl (C=O) groups is 1. The third-order valence-electron chi connectivity index (χ3n) is 2.51. The van der Waals surface area contributed by atoms with Crippen molar-refractivity contribution in [2.75, 3.05) is 20.8 Å². The molecule has 0 aliphatic heterocycles. The summed E-state index contributed by atoms with van der Waals surface area (Å²) in [5.41, 5.74) is 1.27. The smallest absolute Gasteiger partial charge is 0.216 e. The molecule has 0 radical (unpaired) electrons. The van der Waals surface area contributed by atoms with Crippen LogP contribution in [-0.2, 0) is 11.2 Å². The topological polar surface area (TPSA) is 71.3 Å². The molecule has 1 aromatic carbocycles. The fourth-order valence-corrected chi connectivity index (χ4v) is 1.67. The van der Waals surface area contributed by atoms with Gasteiger partial charge in [0, 0.05) is 13.5 Å². The maximum absolute atomic E-state index is 10.8. The number of amides is 1. The minimum absolute atomic E-state index is 0.0889. The molecular formula is C13H16N2O3. The Hall–Kier alpha value is -2.22. The van der Waals surface area contributed by atoms with Crippen LogP contribution in [0.1, 0.15) is 18.1 Å². The van der Waals surface area contributed by atoms with Crippen LogP contribution in [0, 0.1) is 11.3 Å². The normalized spacial score (nSPS) is 9.44. The van der Waals surface area contributed by atoms with Crippen molar-refractivity contribution in [1.82, 2.24) is 5.32 Å². The molecule has 0 aliphatic rings. The third-order valence-corrected chi connectivity index (χ3v) is 2.51. The standard InChI is InChI=1S/C13H16N2O3/c1-9(16)15-7-6-10-4-5-12(17-2)13(18-3)11(10)8-14/h4-5H,6-7H2,1-3H3,(H,15,16). The van der Waals surface area contributed by atoms with Gasteiger partial charge in [0.05, 0.1) is 14.2 Å². The highest BCUT2D eigenvalue weighted by Gasteiger charge is 2.14. The average molecular weight is 248 g/mol. The van der Waals surface area contributed by atoms with Crippen LogP contribution in [0.3, 0.4) is 0 Å². The lowest BCUT2D eigenvalue weighted by atomic mass is 10.0. The van der Waals surface area contributed by atoms with Gasteiger partial charge < -0.3 is 14.8 Å². The molecular weight excluding hydrogens is 232 g/mol. The van der Waals surface area contributed by atoms with E-state index in [2.05, 4.69) is 11.4 Å². The lowest BCUT2D eigenvalue weighted by Crippen LogP contribution is -2.22. The van der Waals surface area contributed by atoms with Gasteiger partial charge in [-0.05, 0) is 18.1 Å². The Balaban J connectivity index is 2.99. The van der Waals surface area contributed by atoms with Crippen LogP contribution in [0.5, 0.6) is 11.5 Å². The van der Waals surface area contributed by atoms with Gasteiger partial charge in [0.15, 0.2) is 11.5 Å². The van der Waals surface area contributed by atoms with Crippen molar-refractivity contribution in [3.05, 3.63) is 23.3 Å². The summed E-state index contributed by atoms with van der Waals surface area (Å²) in [4.78, 5) is 10.8.